The molecule has 2 aromatic rings. The van der Waals surface area contributed by atoms with Gasteiger partial charge in [-0.2, -0.15) is 0 Å². The van der Waals surface area contributed by atoms with Crippen molar-refractivity contribution in [3.63, 3.8) is 0 Å². The highest BCUT2D eigenvalue weighted by atomic mass is 35.5. The zero-order valence-electron chi connectivity index (χ0n) is 13.8. The van der Waals surface area contributed by atoms with Gasteiger partial charge in [0.25, 0.3) is 0 Å². The molecule has 0 amide bonds. The van der Waals surface area contributed by atoms with Crippen molar-refractivity contribution in [1.29, 1.82) is 0 Å². The van der Waals surface area contributed by atoms with Gasteiger partial charge in [-0.3, -0.25) is 4.90 Å². The molecule has 24 heavy (non-hydrogen) atoms. The minimum Gasteiger partial charge on any atom is -0.316 e. The van der Waals surface area contributed by atoms with Gasteiger partial charge in [-0.15, -0.1) is 0 Å². The third-order valence-electron chi connectivity index (χ3n) is 5.05. The van der Waals surface area contributed by atoms with Gasteiger partial charge in [-0.05, 0) is 31.0 Å². The molecule has 0 aliphatic carbocycles. The summed E-state index contributed by atoms with van der Waals surface area (Å²) < 4.78 is 0. The number of fused-ring (bicyclic) bond motifs is 1. The lowest BCUT2D eigenvalue weighted by molar-refractivity contribution is 0.242. The van der Waals surface area contributed by atoms with Crippen molar-refractivity contribution in [2.75, 3.05) is 19.6 Å². The minimum atomic E-state index is 0.477. The van der Waals surface area contributed by atoms with Crippen LogP contribution in [0.1, 0.15) is 41.4 Å². The Hall–Kier alpha value is -1.49. The average molecular weight is 343 g/mol. The normalized spacial score (nSPS) is 21.5. The molecule has 0 radical (unpaired) electrons. The van der Waals surface area contributed by atoms with Gasteiger partial charge in [0.15, 0.2) is 0 Å². The first-order chi connectivity index (χ1) is 11.8. The van der Waals surface area contributed by atoms with Crippen LogP contribution in [0.3, 0.4) is 0 Å². The van der Waals surface area contributed by atoms with E-state index in [1.165, 1.54) is 29.7 Å². The van der Waals surface area contributed by atoms with Gasteiger partial charge >= 0.3 is 0 Å². The van der Waals surface area contributed by atoms with Crippen LogP contribution >= 0.6 is 11.6 Å². The second kappa shape index (κ2) is 7.18. The van der Waals surface area contributed by atoms with Crippen molar-refractivity contribution >= 4 is 11.6 Å². The number of hydrogen-bond donors (Lipinski definition) is 1. The van der Waals surface area contributed by atoms with Gasteiger partial charge < -0.3 is 5.32 Å². The van der Waals surface area contributed by atoms with Gasteiger partial charge in [0, 0.05) is 61.0 Å². The molecule has 0 bridgehead atoms. The standard InChI is InChI=1S/C19H23ClN4/c20-17-6-2-1-4-15(17)12-24-9-7-18-16(13-24)11-22-19(23-18)14-5-3-8-21-10-14/h1-2,4,6,11,14,21H,3,5,7-10,12-13H2/t14-/m0/s1. The summed E-state index contributed by atoms with van der Waals surface area (Å²) in [6, 6.07) is 8.09. The van der Waals surface area contributed by atoms with Crippen LogP contribution in [0.4, 0.5) is 0 Å². The van der Waals surface area contributed by atoms with Gasteiger partial charge in [-0.1, -0.05) is 29.8 Å². The van der Waals surface area contributed by atoms with Crippen LogP contribution in [-0.4, -0.2) is 34.5 Å². The van der Waals surface area contributed by atoms with Crippen molar-refractivity contribution in [3.8, 4) is 0 Å². The van der Waals surface area contributed by atoms with Crippen LogP contribution in [-0.2, 0) is 19.5 Å². The number of rotatable bonds is 3. The zero-order chi connectivity index (χ0) is 16.4. The third-order valence-corrected chi connectivity index (χ3v) is 5.41. The maximum absolute atomic E-state index is 6.29. The molecule has 2 aliphatic rings. The molecule has 3 heterocycles. The highest BCUT2D eigenvalue weighted by Gasteiger charge is 2.22. The maximum Gasteiger partial charge on any atom is 0.132 e. The lowest BCUT2D eigenvalue weighted by Gasteiger charge is -2.29. The summed E-state index contributed by atoms with van der Waals surface area (Å²) >= 11 is 6.29. The summed E-state index contributed by atoms with van der Waals surface area (Å²) in [4.78, 5) is 12.0. The summed E-state index contributed by atoms with van der Waals surface area (Å²) in [6.45, 7) is 4.95. The van der Waals surface area contributed by atoms with E-state index in [0.29, 0.717) is 5.92 Å². The van der Waals surface area contributed by atoms with E-state index in [1.807, 2.05) is 24.4 Å². The van der Waals surface area contributed by atoms with E-state index >= 15 is 0 Å². The van der Waals surface area contributed by atoms with Crippen LogP contribution in [0.5, 0.6) is 0 Å². The fourth-order valence-corrected chi connectivity index (χ4v) is 3.86. The minimum absolute atomic E-state index is 0.477. The lowest BCUT2D eigenvalue weighted by Crippen LogP contribution is -2.33. The highest BCUT2D eigenvalue weighted by Crippen LogP contribution is 2.25. The number of piperidine rings is 1. The van der Waals surface area contributed by atoms with E-state index in [2.05, 4.69) is 21.3 Å². The predicted molar refractivity (Wildman–Crippen MR) is 96.1 cm³/mol. The highest BCUT2D eigenvalue weighted by molar-refractivity contribution is 6.31. The molecule has 0 unspecified atom stereocenters. The molecule has 1 aromatic carbocycles. The first-order valence-electron chi connectivity index (χ1n) is 8.81. The molecule has 0 saturated carbocycles. The molecule has 126 valence electrons. The van der Waals surface area contributed by atoms with Crippen LogP contribution in [0.25, 0.3) is 0 Å². The average Bonchev–Trinajstić information content (AvgIpc) is 2.64. The maximum atomic E-state index is 6.29. The number of nitrogens with zero attached hydrogens (tertiary/aromatic N) is 3. The van der Waals surface area contributed by atoms with Crippen LogP contribution < -0.4 is 5.32 Å². The SMILES string of the molecule is Clc1ccccc1CN1CCc2nc([C@H]3CCCNC3)ncc2C1. The fourth-order valence-electron chi connectivity index (χ4n) is 3.66. The smallest absolute Gasteiger partial charge is 0.132 e. The fraction of sp³-hybridized carbons (Fsp3) is 0.474. The summed E-state index contributed by atoms with van der Waals surface area (Å²) in [5.74, 6) is 1.51. The Morgan fingerprint density at radius 2 is 2.21 bits per heavy atom. The van der Waals surface area contributed by atoms with Crippen molar-refractivity contribution in [3.05, 3.63) is 58.1 Å². The Morgan fingerprint density at radius 1 is 1.29 bits per heavy atom. The van der Waals surface area contributed by atoms with Crippen molar-refractivity contribution in [2.45, 2.75) is 38.3 Å². The number of aromatic nitrogens is 2. The number of hydrogen-bond acceptors (Lipinski definition) is 4. The van der Waals surface area contributed by atoms with Crippen LogP contribution in [0.2, 0.25) is 5.02 Å². The summed E-state index contributed by atoms with van der Waals surface area (Å²) in [5, 5.41) is 4.30. The quantitative estimate of drug-likeness (QED) is 0.930. The largest absolute Gasteiger partial charge is 0.316 e. The first-order valence-corrected chi connectivity index (χ1v) is 9.18. The van der Waals surface area contributed by atoms with E-state index in [9.17, 15) is 0 Å². The number of nitrogens with one attached hydrogen (secondary N) is 1. The molecule has 0 spiro atoms. The zero-order valence-corrected chi connectivity index (χ0v) is 14.6. The van der Waals surface area contributed by atoms with E-state index < -0.39 is 0 Å². The molecule has 1 atom stereocenters. The van der Waals surface area contributed by atoms with Crippen molar-refractivity contribution in [2.24, 2.45) is 0 Å². The van der Waals surface area contributed by atoms with Gasteiger partial charge in [0.05, 0.1) is 0 Å². The van der Waals surface area contributed by atoms with Gasteiger partial charge in [0.2, 0.25) is 0 Å². The van der Waals surface area contributed by atoms with Gasteiger partial charge in [0.1, 0.15) is 5.82 Å². The Morgan fingerprint density at radius 3 is 3.04 bits per heavy atom. The second-order valence-corrected chi connectivity index (χ2v) is 7.20. The summed E-state index contributed by atoms with van der Waals surface area (Å²) in [6.07, 6.45) is 5.46. The Kier molecular flexibility index (Phi) is 4.79. The third kappa shape index (κ3) is 3.46. The topological polar surface area (TPSA) is 41.1 Å². The number of benzene rings is 1. The molecule has 4 rings (SSSR count). The van der Waals surface area contributed by atoms with Crippen LogP contribution in [0.15, 0.2) is 30.5 Å². The van der Waals surface area contributed by atoms with Gasteiger partial charge in [-0.25, -0.2) is 9.97 Å². The van der Waals surface area contributed by atoms with Crippen molar-refractivity contribution in [1.82, 2.24) is 20.2 Å². The molecular weight excluding hydrogens is 320 g/mol. The van der Waals surface area contributed by atoms with Crippen molar-refractivity contribution < 1.29 is 0 Å². The van der Waals surface area contributed by atoms with E-state index in [-0.39, 0.29) is 0 Å². The molecule has 5 heteroatoms. The summed E-state index contributed by atoms with van der Waals surface area (Å²) in [7, 11) is 0. The molecule has 4 nitrogen and oxygen atoms in total. The second-order valence-electron chi connectivity index (χ2n) is 6.80. The Balaban J connectivity index is 1.46. The molecule has 1 aromatic heterocycles. The molecule has 1 N–H and O–H groups in total. The predicted octanol–water partition coefficient (Wildman–Crippen LogP) is 3.16. The van der Waals surface area contributed by atoms with E-state index in [4.69, 9.17) is 16.6 Å². The van der Waals surface area contributed by atoms with Crippen LogP contribution in [0, 0.1) is 0 Å². The first kappa shape index (κ1) is 16.0. The lowest BCUT2D eigenvalue weighted by atomic mass is 9.98. The Bertz CT molecular complexity index is 712. The van der Waals surface area contributed by atoms with E-state index in [1.54, 1.807) is 0 Å². The molecule has 1 saturated heterocycles. The van der Waals surface area contributed by atoms with E-state index in [0.717, 1.165) is 50.0 Å². The molecule has 2 aliphatic heterocycles. The number of halogens is 1. The monoisotopic (exact) mass is 342 g/mol. The molecular formula is C19H23ClN4. The Labute approximate surface area is 148 Å². The molecule has 1 fully saturated rings. The summed E-state index contributed by atoms with van der Waals surface area (Å²) in [5.41, 5.74) is 3.69.